The summed E-state index contributed by atoms with van der Waals surface area (Å²) in [5.74, 6) is 1.52. The first-order valence-corrected chi connectivity index (χ1v) is 19.1. The molecule has 9 heteroatoms. The normalized spacial score (nSPS) is 11.5. The zero-order valence-corrected chi connectivity index (χ0v) is 31.8. The number of hydrogen-bond donors (Lipinski definition) is 0. The Bertz CT molecular complexity index is 3260. The van der Waals surface area contributed by atoms with Crippen LogP contribution in [0.3, 0.4) is 0 Å². The van der Waals surface area contributed by atoms with Gasteiger partial charge in [-0.15, -0.1) is 10.9 Å². The summed E-state index contributed by atoms with van der Waals surface area (Å²) in [6.07, 6.45) is 1.75. The topological polar surface area (TPSA) is 38.9 Å². The SMILES string of the molecule is [B]c1c([B])c([B])c2c(-c3ccc4ccc5cccnc5c4n3)c([B])c([B])c(-c3ccc(-c4c(-c5ccccc5)oc(-c5ccccc5)c4-c4ccccc4)cc3)c2c1[B]. The van der Waals surface area contributed by atoms with Crippen molar-refractivity contribution in [2.45, 2.75) is 0 Å². The van der Waals surface area contributed by atoms with Gasteiger partial charge in [-0.2, -0.15) is 0 Å². The average Bonchev–Trinajstić information content (AvgIpc) is 3.70. The molecule has 0 atom stereocenters. The third-order valence-electron chi connectivity index (χ3n) is 11.2. The van der Waals surface area contributed by atoms with Gasteiger partial charge in [-0.3, -0.25) is 4.98 Å². The van der Waals surface area contributed by atoms with Gasteiger partial charge < -0.3 is 4.42 Å². The summed E-state index contributed by atoms with van der Waals surface area (Å²) in [5, 5.41) is 2.93. The van der Waals surface area contributed by atoms with E-state index in [4.69, 9.17) is 56.5 Å². The van der Waals surface area contributed by atoms with Crippen molar-refractivity contribution >= 4 is 112 Å². The number of furan rings is 1. The van der Waals surface area contributed by atoms with Crippen molar-refractivity contribution in [1.82, 2.24) is 9.97 Å². The van der Waals surface area contributed by atoms with E-state index in [1.165, 1.54) is 0 Å². The number of nitrogens with zero attached hydrogens (tertiary/aromatic N) is 2. The fourth-order valence-electron chi connectivity index (χ4n) is 8.29. The molecular weight excluding hydrogens is 709 g/mol. The Kier molecular flexibility index (Phi) is 9.06. The molecular formula is C50H26B6N2O. The average molecular weight is 736 g/mol. The molecule has 0 aliphatic carbocycles. The van der Waals surface area contributed by atoms with E-state index in [1.54, 1.807) is 6.20 Å². The van der Waals surface area contributed by atoms with Crippen LogP contribution in [0, 0.1) is 0 Å². The Morgan fingerprint density at radius 2 is 0.780 bits per heavy atom. The molecule has 0 amide bonds. The van der Waals surface area contributed by atoms with Crippen LogP contribution in [0.5, 0.6) is 0 Å². The maximum atomic E-state index is 7.10. The first-order chi connectivity index (χ1) is 28.8. The largest absolute Gasteiger partial charge is 0.455 e. The van der Waals surface area contributed by atoms with Crippen LogP contribution < -0.4 is 32.8 Å². The van der Waals surface area contributed by atoms with Crippen molar-refractivity contribution < 1.29 is 4.42 Å². The van der Waals surface area contributed by atoms with Crippen LogP contribution in [-0.2, 0) is 0 Å². The highest BCUT2D eigenvalue weighted by Gasteiger charge is 2.26. The third kappa shape index (κ3) is 5.99. The highest BCUT2D eigenvalue weighted by Crippen LogP contribution is 2.48. The molecule has 0 N–H and O–H groups in total. The lowest BCUT2D eigenvalue weighted by molar-refractivity contribution is 0.599. The van der Waals surface area contributed by atoms with Crippen LogP contribution in [-0.4, -0.2) is 57.0 Å². The Morgan fingerprint density at radius 1 is 0.339 bits per heavy atom. The quantitative estimate of drug-likeness (QED) is 0.149. The van der Waals surface area contributed by atoms with Gasteiger partial charge in [0, 0.05) is 39.2 Å². The van der Waals surface area contributed by atoms with E-state index in [0.29, 0.717) is 38.6 Å². The first kappa shape index (κ1) is 36.6. The van der Waals surface area contributed by atoms with E-state index in [1.807, 2.05) is 103 Å². The molecule has 0 saturated carbocycles. The molecule has 10 aromatic rings. The minimum atomic E-state index is 0.158. The monoisotopic (exact) mass is 736 g/mol. The lowest BCUT2D eigenvalue weighted by atomic mass is 9.60. The molecule has 0 spiro atoms. The smallest absolute Gasteiger partial charge is 0.143 e. The van der Waals surface area contributed by atoms with Crippen LogP contribution >= 0.6 is 0 Å². The molecule has 0 aliphatic heterocycles. The van der Waals surface area contributed by atoms with Crippen LogP contribution in [0.15, 0.2) is 162 Å². The molecule has 0 saturated heterocycles. The third-order valence-corrected chi connectivity index (χ3v) is 11.2. The van der Waals surface area contributed by atoms with Gasteiger partial charge in [0.15, 0.2) is 0 Å². The standard InChI is InChI=1S/C50H26B6N2O/c51-41-35(39-40(44(54)46(56)45(55)43(39)53)38(42(41)52)34-25-24-31-23-22-30-17-10-26-57-47(30)48(31)58-34)28-18-20-29(21-19-28)37-36(27-11-4-1-5-12-27)49(32-13-6-2-7-14-32)59-50(37)33-15-8-3-9-16-33/h1-26H. The van der Waals surface area contributed by atoms with Gasteiger partial charge in [-0.25, -0.2) is 4.98 Å². The molecule has 12 radical (unpaired) electrons. The summed E-state index contributed by atoms with van der Waals surface area (Å²) >= 11 is 0. The van der Waals surface area contributed by atoms with E-state index in [-0.39, 0.29) is 27.3 Å². The number of hydrogen-bond acceptors (Lipinski definition) is 3. The molecule has 0 unspecified atom stereocenters. The van der Waals surface area contributed by atoms with Gasteiger partial charge in [0.25, 0.3) is 0 Å². The van der Waals surface area contributed by atoms with E-state index in [2.05, 4.69) is 53.5 Å². The second-order valence-corrected chi connectivity index (χ2v) is 14.6. The fraction of sp³-hybridized carbons (Fsp3) is 0. The van der Waals surface area contributed by atoms with Crippen LogP contribution in [0.4, 0.5) is 0 Å². The molecule has 59 heavy (non-hydrogen) atoms. The van der Waals surface area contributed by atoms with Crippen molar-refractivity contribution in [2.24, 2.45) is 0 Å². The van der Waals surface area contributed by atoms with Crippen molar-refractivity contribution in [2.75, 3.05) is 0 Å². The summed E-state index contributed by atoms with van der Waals surface area (Å²) in [5.41, 5.74) is 11.0. The summed E-state index contributed by atoms with van der Waals surface area (Å²) in [6, 6.07) is 50.5. The number of fused-ring (bicyclic) bond motifs is 4. The molecule has 10 rings (SSSR count). The van der Waals surface area contributed by atoms with Gasteiger partial charge in [-0.05, 0) is 50.7 Å². The Balaban J connectivity index is 1.21. The minimum absolute atomic E-state index is 0.158. The molecule has 3 nitrogen and oxygen atoms in total. The zero-order chi connectivity index (χ0) is 40.4. The first-order valence-electron chi connectivity index (χ1n) is 19.1. The number of rotatable bonds is 6. The van der Waals surface area contributed by atoms with Crippen molar-refractivity contribution in [3.05, 3.63) is 158 Å². The van der Waals surface area contributed by atoms with Gasteiger partial charge in [-0.1, -0.05) is 161 Å². The van der Waals surface area contributed by atoms with Crippen molar-refractivity contribution in [3.63, 3.8) is 0 Å². The van der Waals surface area contributed by atoms with Gasteiger partial charge >= 0.3 is 0 Å². The molecule has 3 aromatic heterocycles. The second-order valence-electron chi connectivity index (χ2n) is 14.6. The predicted octanol–water partition coefficient (Wildman–Crippen LogP) is 6.29. The van der Waals surface area contributed by atoms with Gasteiger partial charge in [0.1, 0.15) is 58.6 Å². The van der Waals surface area contributed by atoms with Crippen LogP contribution in [0.2, 0.25) is 0 Å². The van der Waals surface area contributed by atoms with E-state index < -0.39 is 0 Å². The maximum Gasteiger partial charge on any atom is 0.143 e. The highest BCUT2D eigenvalue weighted by atomic mass is 16.3. The molecule has 7 aromatic carbocycles. The summed E-state index contributed by atoms with van der Waals surface area (Å²) in [7, 11) is 41.1. The lowest BCUT2D eigenvalue weighted by Gasteiger charge is -2.26. The second kappa shape index (κ2) is 14.6. The van der Waals surface area contributed by atoms with E-state index in [0.717, 1.165) is 66.8 Å². The van der Waals surface area contributed by atoms with Crippen LogP contribution in [0.25, 0.3) is 99.9 Å². The lowest BCUT2D eigenvalue weighted by Crippen LogP contribution is -2.49. The Labute approximate surface area is 350 Å². The number of benzene rings is 7. The summed E-state index contributed by atoms with van der Waals surface area (Å²) in [6.45, 7) is 0. The molecule has 0 bridgehead atoms. The fourth-order valence-corrected chi connectivity index (χ4v) is 8.29. The zero-order valence-electron chi connectivity index (χ0n) is 31.8. The van der Waals surface area contributed by atoms with E-state index in [9.17, 15) is 0 Å². The van der Waals surface area contributed by atoms with Crippen LogP contribution in [0.1, 0.15) is 0 Å². The maximum absolute atomic E-state index is 7.10. The van der Waals surface area contributed by atoms with Gasteiger partial charge in [0.2, 0.25) is 0 Å². The summed E-state index contributed by atoms with van der Waals surface area (Å²) in [4.78, 5) is 9.75. The Morgan fingerprint density at radius 3 is 1.34 bits per heavy atom. The number of pyridine rings is 2. The van der Waals surface area contributed by atoms with Crippen molar-refractivity contribution in [1.29, 1.82) is 0 Å². The van der Waals surface area contributed by atoms with Crippen molar-refractivity contribution in [3.8, 4) is 67.3 Å². The molecule has 0 aliphatic rings. The highest BCUT2D eigenvalue weighted by molar-refractivity contribution is 6.69. The van der Waals surface area contributed by atoms with Gasteiger partial charge in [0.05, 0.1) is 16.7 Å². The summed E-state index contributed by atoms with van der Waals surface area (Å²) < 4.78 is 6.89. The van der Waals surface area contributed by atoms with E-state index >= 15 is 0 Å². The predicted molar refractivity (Wildman–Crippen MR) is 252 cm³/mol. The molecule has 0 fully saturated rings. The Hall–Kier alpha value is -6.71. The molecule has 3 heterocycles. The number of aromatic nitrogens is 2. The molecule has 260 valence electrons. The minimum Gasteiger partial charge on any atom is -0.455 e.